The molecule has 2 unspecified atom stereocenters. The molecule has 166 valence electrons. The summed E-state index contributed by atoms with van der Waals surface area (Å²) in [5, 5.41) is -0.208. The van der Waals surface area contributed by atoms with Crippen molar-refractivity contribution in [1.82, 2.24) is 9.80 Å². The molecule has 2 fully saturated rings. The number of amides is 2. The molecular weight excluding hydrogens is 394 g/mol. The molecule has 1 aromatic rings. The van der Waals surface area contributed by atoms with Crippen molar-refractivity contribution in [2.75, 3.05) is 13.1 Å². The van der Waals surface area contributed by atoms with E-state index in [9.17, 15) is 9.59 Å². The van der Waals surface area contributed by atoms with Crippen molar-refractivity contribution in [2.24, 2.45) is 11.7 Å². The molecule has 5 nitrogen and oxygen atoms in total. The Balaban J connectivity index is 1.68. The molecule has 30 heavy (non-hydrogen) atoms. The van der Waals surface area contributed by atoms with Gasteiger partial charge in [-0.2, -0.15) is 12.6 Å². The molecule has 0 spiro atoms. The van der Waals surface area contributed by atoms with E-state index in [1.165, 1.54) is 24.8 Å². The van der Waals surface area contributed by atoms with Gasteiger partial charge < -0.3 is 10.6 Å². The van der Waals surface area contributed by atoms with Crippen LogP contribution in [0.3, 0.4) is 0 Å². The summed E-state index contributed by atoms with van der Waals surface area (Å²) in [5.74, 6) is 0.331. The molecule has 2 aliphatic rings. The molecule has 1 saturated carbocycles. The number of hydrogen-bond donors (Lipinski definition) is 2. The molecule has 2 atom stereocenters. The van der Waals surface area contributed by atoms with Crippen LogP contribution < -0.4 is 5.73 Å². The zero-order chi connectivity index (χ0) is 21.5. The van der Waals surface area contributed by atoms with Crippen LogP contribution in [0, 0.1) is 5.92 Å². The quantitative estimate of drug-likeness (QED) is 0.618. The second-order valence-electron chi connectivity index (χ2n) is 9.08. The second kappa shape index (κ2) is 11.2. The van der Waals surface area contributed by atoms with Crippen LogP contribution in [0.15, 0.2) is 30.3 Å². The SMILES string of the molecule is CC(CC(N)=O)N1CCC(N(Cc2ccccc2)C(=O)C(S)C2CCCCC2)CC1. The Hall–Kier alpha value is -1.53. The maximum absolute atomic E-state index is 13.6. The van der Waals surface area contributed by atoms with Crippen molar-refractivity contribution in [3.8, 4) is 0 Å². The molecule has 0 bridgehead atoms. The van der Waals surface area contributed by atoms with E-state index in [-0.39, 0.29) is 29.1 Å². The zero-order valence-corrected chi connectivity index (χ0v) is 19.1. The topological polar surface area (TPSA) is 66.6 Å². The number of nitrogens with two attached hydrogens (primary N) is 1. The van der Waals surface area contributed by atoms with Crippen LogP contribution >= 0.6 is 12.6 Å². The molecule has 0 radical (unpaired) electrons. The number of benzene rings is 1. The van der Waals surface area contributed by atoms with Crippen molar-refractivity contribution in [3.05, 3.63) is 35.9 Å². The largest absolute Gasteiger partial charge is 0.370 e. The third kappa shape index (κ3) is 6.24. The normalized spacial score (nSPS) is 21.1. The monoisotopic (exact) mass is 431 g/mol. The third-order valence-corrected chi connectivity index (χ3v) is 7.53. The number of carbonyl (C=O) groups excluding carboxylic acids is 2. The molecule has 0 aromatic heterocycles. The van der Waals surface area contributed by atoms with Crippen molar-refractivity contribution >= 4 is 24.4 Å². The maximum atomic E-state index is 13.6. The van der Waals surface area contributed by atoms with Gasteiger partial charge in [-0.25, -0.2) is 0 Å². The maximum Gasteiger partial charge on any atom is 0.236 e. The predicted octanol–water partition coefficient (Wildman–Crippen LogP) is 3.62. The molecule has 1 saturated heterocycles. The van der Waals surface area contributed by atoms with Crippen LogP contribution in [0.4, 0.5) is 0 Å². The fraction of sp³-hybridized carbons (Fsp3) is 0.667. The summed E-state index contributed by atoms with van der Waals surface area (Å²) in [5.41, 5.74) is 6.54. The van der Waals surface area contributed by atoms with Gasteiger partial charge in [-0.1, -0.05) is 49.6 Å². The van der Waals surface area contributed by atoms with E-state index in [4.69, 9.17) is 18.4 Å². The highest BCUT2D eigenvalue weighted by molar-refractivity contribution is 7.81. The molecule has 1 aliphatic carbocycles. The lowest BCUT2D eigenvalue weighted by Crippen LogP contribution is -2.52. The lowest BCUT2D eigenvalue weighted by Gasteiger charge is -2.42. The molecule has 1 aliphatic heterocycles. The van der Waals surface area contributed by atoms with Crippen LogP contribution in [-0.2, 0) is 16.1 Å². The first-order valence-electron chi connectivity index (χ1n) is 11.5. The van der Waals surface area contributed by atoms with Crippen LogP contribution in [0.25, 0.3) is 0 Å². The summed E-state index contributed by atoms with van der Waals surface area (Å²) < 4.78 is 0. The number of rotatable bonds is 8. The Bertz CT molecular complexity index is 685. The predicted molar refractivity (Wildman–Crippen MR) is 124 cm³/mol. The summed E-state index contributed by atoms with van der Waals surface area (Å²) in [6, 6.07) is 10.6. The number of piperidine rings is 1. The van der Waals surface area contributed by atoms with Gasteiger partial charge in [0.2, 0.25) is 11.8 Å². The van der Waals surface area contributed by atoms with Crippen LogP contribution in [-0.4, -0.2) is 52.0 Å². The molecule has 6 heteroatoms. The van der Waals surface area contributed by atoms with E-state index in [2.05, 4.69) is 28.9 Å². The summed E-state index contributed by atoms with van der Waals surface area (Å²) in [6.07, 6.45) is 8.16. The van der Waals surface area contributed by atoms with Gasteiger partial charge in [-0.15, -0.1) is 0 Å². The van der Waals surface area contributed by atoms with Crippen molar-refractivity contribution in [1.29, 1.82) is 0 Å². The molecule has 3 rings (SSSR count). The summed E-state index contributed by atoms with van der Waals surface area (Å²) >= 11 is 4.83. The lowest BCUT2D eigenvalue weighted by atomic mass is 9.86. The van der Waals surface area contributed by atoms with E-state index >= 15 is 0 Å². The van der Waals surface area contributed by atoms with Gasteiger partial charge >= 0.3 is 0 Å². The van der Waals surface area contributed by atoms with Gasteiger partial charge in [0.1, 0.15) is 0 Å². The van der Waals surface area contributed by atoms with Gasteiger partial charge in [0.15, 0.2) is 0 Å². The number of likely N-dealkylation sites (tertiary alicyclic amines) is 1. The van der Waals surface area contributed by atoms with Gasteiger partial charge in [-0.3, -0.25) is 14.5 Å². The smallest absolute Gasteiger partial charge is 0.236 e. The van der Waals surface area contributed by atoms with E-state index in [1.807, 2.05) is 18.2 Å². The minimum absolute atomic E-state index is 0.154. The van der Waals surface area contributed by atoms with Gasteiger partial charge in [0, 0.05) is 38.1 Å². The van der Waals surface area contributed by atoms with E-state index in [0.29, 0.717) is 18.9 Å². The first-order valence-corrected chi connectivity index (χ1v) is 12.0. The summed E-state index contributed by atoms with van der Waals surface area (Å²) in [6.45, 7) is 4.48. The first kappa shape index (κ1) is 23.1. The molecule has 2 N–H and O–H groups in total. The average Bonchev–Trinajstić information content (AvgIpc) is 2.77. The Kier molecular flexibility index (Phi) is 8.63. The Morgan fingerprint density at radius 2 is 1.73 bits per heavy atom. The van der Waals surface area contributed by atoms with Crippen molar-refractivity contribution < 1.29 is 9.59 Å². The number of nitrogens with zero attached hydrogens (tertiary/aromatic N) is 2. The minimum atomic E-state index is -0.254. The molecular formula is C24H37N3O2S. The third-order valence-electron chi connectivity index (χ3n) is 6.89. The first-order chi connectivity index (χ1) is 14.5. The summed E-state index contributed by atoms with van der Waals surface area (Å²) in [7, 11) is 0. The van der Waals surface area contributed by atoms with E-state index in [0.717, 1.165) is 38.8 Å². The fourth-order valence-electron chi connectivity index (χ4n) is 5.05. The van der Waals surface area contributed by atoms with Gasteiger partial charge in [0.05, 0.1) is 5.25 Å². The van der Waals surface area contributed by atoms with Crippen molar-refractivity contribution in [2.45, 2.75) is 82.2 Å². The molecule has 1 aromatic carbocycles. The van der Waals surface area contributed by atoms with Gasteiger partial charge in [0.25, 0.3) is 0 Å². The molecule has 1 heterocycles. The fourth-order valence-corrected chi connectivity index (χ4v) is 5.49. The number of primary amides is 1. The Morgan fingerprint density at radius 1 is 1.10 bits per heavy atom. The average molecular weight is 432 g/mol. The molecule has 2 amide bonds. The number of carbonyl (C=O) groups is 2. The number of thiol groups is 1. The minimum Gasteiger partial charge on any atom is -0.370 e. The van der Waals surface area contributed by atoms with Crippen LogP contribution in [0.5, 0.6) is 0 Å². The summed E-state index contributed by atoms with van der Waals surface area (Å²) in [4.78, 5) is 29.3. The van der Waals surface area contributed by atoms with Crippen LogP contribution in [0.2, 0.25) is 0 Å². The lowest BCUT2D eigenvalue weighted by molar-refractivity contribution is -0.136. The number of hydrogen-bond acceptors (Lipinski definition) is 4. The van der Waals surface area contributed by atoms with Crippen molar-refractivity contribution in [3.63, 3.8) is 0 Å². The van der Waals surface area contributed by atoms with E-state index < -0.39 is 0 Å². The highest BCUT2D eigenvalue weighted by Gasteiger charge is 2.35. The Labute approximate surface area is 186 Å². The highest BCUT2D eigenvalue weighted by Crippen LogP contribution is 2.32. The second-order valence-corrected chi connectivity index (χ2v) is 9.64. The zero-order valence-electron chi connectivity index (χ0n) is 18.2. The Morgan fingerprint density at radius 3 is 2.33 bits per heavy atom. The van der Waals surface area contributed by atoms with Gasteiger partial charge in [-0.05, 0) is 44.1 Å². The van der Waals surface area contributed by atoms with Crippen LogP contribution in [0.1, 0.15) is 63.9 Å². The standard InChI is InChI=1S/C24H37N3O2S/c1-18(16-22(25)28)26-14-12-21(13-15-26)27(17-19-8-4-2-5-9-19)24(29)23(30)20-10-6-3-7-11-20/h2,4-5,8-9,18,20-21,23,30H,3,6-7,10-17H2,1H3,(H2,25,28). The highest BCUT2D eigenvalue weighted by atomic mass is 32.1. The van der Waals surface area contributed by atoms with E-state index in [1.54, 1.807) is 0 Å².